The van der Waals surface area contributed by atoms with E-state index in [0.717, 1.165) is 11.0 Å². The third-order valence-corrected chi connectivity index (χ3v) is 4.06. The van der Waals surface area contributed by atoms with Crippen LogP contribution in [0, 0.1) is 0 Å². The highest BCUT2D eigenvalue weighted by atomic mass is 19.3. The summed E-state index contributed by atoms with van der Waals surface area (Å²) in [6, 6.07) is 12.3. The number of imidazole rings is 1. The number of nitrogens with one attached hydrogen (secondary N) is 1. The second kappa shape index (κ2) is 6.17. The fourth-order valence-electron chi connectivity index (χ4n) is 3.04. The van der Waals surface area contributed by atoms with Gasteiger partial charge < -0.3 is 15.2 Å². The fourth-order valence-corrected chi connectivity index (χ4v) is 3.04. The molecule has 4 rings (SSSR count). The molecular weight excluding hydrogens is 344 g/mol. The summed E-state index contributed by atoms with van der Waals surface area (Å²) < 4.78 is 37.7. The summed E-state index contributed by atoms with van der Waals surface area (Å²) in [5.74, 6) is 0.691. The molecule has 0 aliphatic carbocycles. The average molecular weight is 359 g/mol. The summed E-state index contributed by atoms with van der Waals surface area (Å²) in [5.41, 5.74) is 7.78. The summed E-state index contributed by atoms with van der Waals surface area (Å²) >= 11 is 0. The second-order valence-corrected chi connectivity index (χ2v) is 5.56. The van der Waals surface area contributed by atoms with Gasteiger partial charge in [-0.05, 0) is 18.2 Å². The summed E-state index contributed by atoms with van der Waals surface area (Å²) in [6.07, 6.45) is -0.734. The predicted octanol–water partition coefficient (Wildman–Crippen LogP) is 2.93. The zero-order valence-corrected chi connectivity index (χ0v) is 13.7. The van der Waals surface area contributed by atoms with Crippen LogP contribution in [0.3, 0.4) is 0 Å². The van der Waals surface area contributed by atoms with E-state index in [1.165, 1.54) is 7.11 Å². The Bertz CT molecular complexity index is 1000. The van der Waals surface area contributed by atoms with Crippen LogP contribution in [0.5, 0.6) is 11.5 Å². The summed E-state index contributed by atoms with van der Waals surface area (Å²) in [5, 5.41) is 2.90. The summed E-state index contributed by atoms with van der Waals surface area (Å²) in [6.45, 7) is -3.01. The number of rotatable bonds is 4. The number of ether oxygens (including phenoxy) is 2. The second-order valence-electron chi connectivity index (χ2n) is 5.56. The molecule has 2 aromatic carbocycles. The molecule has 0 fully saturated rings. The molecule has 1 atom stereocenters. The maximum absolute atomic E-state index is 13.0. The lowest BCUT2D eigenvalue weighted by molar-refractivity contribution is -0.0520. The van der Waals surface area contributed by atoms with E-state index in [2.05, 4.69) is 15.3 Å². The van der Waals surface area contributed by atoms with E-state index < -0.39 is 12.8 Å². The van der Waals surface area contributed by atoms with Crippen molar-refractivity contribution >= 4 is 22.9 Å². The third kappa shape index (κ3) is 2.57. The highest BCUT2D eigenvalue weighted by Gasteiger charge is 2.29. The lowest BCUT2D eigenvalue weighted by Gasteiger charge is -2.25. The molecule has 134 valence electrons. The Morgan fingerprint density at radius 1 is 1.19 bits per heavy atom. The average Bonchev–Trinajstić information content (AvgIpc) is 2.98. The largest absolute Gasteiger partial charge is 0.493 e. The van der Waals surface area contributed by atoms with Crippen LogP contribution in [0.4, 0.5) is 14.7 Å². The molecule has 7 nitrogen and oxygen atoms in total. The topological polar surface area (TPSA) is 86.7 Å². The molecule has 2 heterocycles. The van der Waals surface area contributed by atoms with Crippen molar-refractivity contribution in [3.63, 3.8) is 0 Å². The highest BCUT2D eigenvalue weighted by Crippen LogP contribution is 2.41. The molecule has 3 N–H and O–H groups in total. The molecule has 0 spiro atoms. The monoisotopic (exact) mass is 359 g/mol. The Kier molecular flexibility index (Phi) is 3.83. The van der Waals surface area contributed by atoms with Crippen molar-refractivity contribution in [3.8, 4) is 11.5 Å². The third-order valence-electron chi connectivity index (χ3n) is 4.06. The van der Waals surface area contributed by atoms with E-state index in [1.54, 1.807) is 22.8 Å². The number of alkyl halides is 2. The van der Waals surface area contributed by atoms with Gasteiger partial charge in [-0.15, -0.1) is 0 Å². The van der Waals surface area contributed by atoms with Crippen molar-refractivity contribution in [1.82, 2.24) is 9.55 Å². The van der Waals surface area contributed by atoms with Crippen LogP contribution in [0.1, 0.15) is 11.7 Å². The quantitative estimate of drug-likeness (QED) is 0.748. The first-order chi connectivity index (χ1) is 12.6. The molecule has 26 heavy (non-hydrogen) atoms. The number of anilines is 1. The zero-order chi connectivity index (χ0) is 18.3. The number of halogens is 2. The first-order valence-electron chi connectivity index (χ1n) is 7.77. The maximum Gasteiger partial charge on any atom is 0.387 e. The van der Waals surface area contributed by atoms with Crippen LogP contribution in [-0.4, -0.2) is 29.2 Å². The number of nitrogens with two attached hydrogens (primary N) is 1. The van der Waals surface area contributed by atoms with Gasteiger partial charge in [0.25, 0.3) is 0 Å². The SMILES string of the molecule is COc1cccc(C2N=C(N)Nc3nc4ccccc4n32)c1OC(F)F. The van der Waals surface area contributed by atoms with Crippen molar-refractivity contribution in [2.24, 2.45) is 10.7 Å². The standard InChI is InChI=1S/C17H15F2N5O2/c1-25-12-8-4-5-9(13(12)26-15(18)19)14-22-16(20)23-17-21-10-6-2-3-7-11(10)24(14)17/h2-8,14-15H,1H3,(H3,20,21,22,23). The molecule has 3 aromatic rings. The molecule has 1 unspecified atom stereocenters. The number of nitrogens with zero attached hydrogens (tertiary/aromatic N) is 3. The minimum absolute atomic E-state index is 0.0859. The highest BCUT2D eigenvalue weighted by molar-refractivity contribution is 5.94. The van der Waals surface area contributed by atoms with Crippen molar-refractivity contribution in [3.05, 3.63) is 48.0 Å². The van der Waals surface area contributed by atoms with Gasteiger partial charge in [-0.3, -0.25) is 9.88 Å². The smallest absolute Gasteiger partial charge is 0.387 e. The van der Waals surface area contributed by atoms with Gasteiger partial charge in [0.15, 0.2) is 23.6 Å². The Balaban J connectivity index is 1.95. The van der Waals surface area contributed by atoms with Gasteiger partial charge in [-0.1, -0.05) is 24.3 Å². The first-order valence-corrected chi connectivity index (χ1v) is 7.77. The lowest BCUT2D eigenvalue weighted by atomic mass is 10.1. The van der Waals surface area contributed by atoms with E-state index >= 15 is 0 Å². The van der Waals surface area contributed by atoms with Gasteiger partial charge in [-0.2, -0.15) is 8.78 Å². The van der Waals surface area contributed by atoms with Gasteiger partial charge in [0.2, 0.25) is 5.95 Å². The number of hydrogen-bond acceptors (Lipinski definition) is 6. The van der Waals surface area contributed by atoms with Gasteiger partial charge in [0.1, 0.15) is 0 Å². The molecule has 0 saturated carbocycles. The van der Waals surface area contributed by atoms with E-state index in [4.69, 9.17) is 15.2 Å². The number of para-hydroxylation sites is 3. The van der Waals surface area contributed by atoms with Crippen LogP contribution in [-0.2, 0) is 0 Å². The number of fused-ring (bicyclic) bond motifs is 3. The maximum atomic E-state index is 13.0. The van der Waals surface area contributed by atoms with Crippen molar-refractivity contribution in [2.75, 3.05) is 12.4 Å². The number of methoxy groups -OCH3 is 1. The van der Waals surface area contributed by atoms with Crippen LogP contribution in [0.25, 0.3) is 11.0 Å². The van der Waals surface area contributed by atoms with Crippen LogP contribution in [0.15, 0.2) is 47.5 Å². The Morgan fingerprint density at radius 3 is 2.77 bits per heavy atom. The Morgan fingerprint density at radius 2 is 2.00 bits per heavy atom. The summed E-state index contributed by atoms with van der Waals surface area (Å²) in [7, 11) is 1.38. The van der Waals surface area contributed by atoms with Crippen LogP contribution in [0.2, 0.25) is 0 Å². The minimum atomic E-state index is -3.01. The molecule has 0 amide bonds. The molecule has 1 aliphatic heterocycles. The Labute approximate surface area is 147 Å². The van der Waals surface area contributed by atoms with E-state index in [9.17, 15) is 8.78 Å². The minimum Gasteiger partial charge on any atom is -0.493 e. The van der Waals surface area contributed by atoms with E-state index in [0.29, 0.717) is 11.5 Å². The van der Waals surface area contributed by atoms with E-state index in [-0.39, 0.29) is 17.5 Å². The normalized spacial score (nSPS) is 16.2. The number of hydrogen-bond donors (Lipinski definition) is 2. The summed E-state index contributed by atoms with van der Waals surface area (Å²) in [4.78, 5) is 8.87. The molecule has 1 aromatic heterocycles. The van der Waals surface area contributed by atoms with Gasteiger partial charge in [0, 0.05) is 5.56 Å². The molecule has 0 bridgehead atoms. The van der Waals surface area contributed by atoms with Crippen molar-refractivity contribution < 1.29 is 18.3 Å². The van der Waals surface area contributed by atoms with Gasteiger partial charge in [0.05, 0.1) is 18.1 Å². The van der Waals surface area contributed by atoms with Crippen LogP contribution < -0.4 is 20.5 Å². The molecule has 9 heteroatoms. The number of aromatic nitrogens is 2. The zero-order valence-electron chi connectivity index (χ0n) is 13.7. The molecule has 1 aliphatic rings. The fraction of sp³-hybridized carbons (Fsp3) is 0.176. The van der Waals surface area contributed by atoms with Gasteiger partial charge in [-0.25, -0.2) is 9.98 Å². The number of aliphatic imine (C=N–C) groups is 1. The van der Waals surface area contributed by atoms with Crippen molar-refractivity contribution in [1.29, 1.82) is 0 Å². The van der Waals surface area contributed by atoms with Crippen LogP contribution >= 0.6 is 0 Å². The first kappa shape index (κ1) is 16.1. The lowest BCUT2D eigenvalue weighted by Crippen LogP contribution is -2.31. The predicted molar refractivity (Wildman–Crippen MR) is 92.7 cm³/mol. The molecule has 0 saturated heterocycles. The van der Waals surface area contributed by atoms with Crippen molar-refractivity contribution in [2.45, 2.75) is 12.8 Å². The van der Waals surface area contributed by atoms with Gasteiger partial charge >= 0.3 is 6.61 Å². The molecular formula is C17H15F2N5O2. The Hall–Kier alpha value is -3.36. The van der Waals surface area contributed by atoms with E-state index in [1.807, 2.05) is 24.3 Å². The molecule has 0 radical (unpaired) electrons. The number of benzene rings is 2. The number of guanidine groups is 1.